The van der Waals surface area contributed by atoms with Gasteiger partial charge in [-0.2, -0.15) is 0 Å². The Balaban J connectivity index is 2.02. The van der Waals surface area contributed by atoms with Gasteiger partial charge >= 0.3 is 0 Å². The number of hydrogen-bond acceptors (Lipinski definition) is 3. The van der Waals surface area contributed by atoms with E-state index in [0.29, 0.717) is 13.0 Å². The third-order valence-corrected chi connectivity index (χ3v) is 4.03. The lowest BCUT2D eigenvalue weighted by Crippen LogP contribution is -2.43. The highest BCUT2D eigenvalue weighted by atomic mass is 16.2. The highest BCUT2D eigenvalue weighted by molar-refractivity contribution is 5.97. The molecule has 5 heteroatoms. The zero-order valence-corrected chi connectivity index (χ0v) is 14.3. The van der Waals surface area contributed by atoms with Crippen LogP contribution in [0.5, 0.6) is 0 Å². The van der Waals surface area contributed by atoms with E-state index in [0.717, 1.165) is 37.1 Å². The molecule has 1 aromatic rings. The fourth-order valence-corrected chi connectivity index (χ4v) is 3.03. The van der Waals surface area contributed by atoms with Gasteiger partial charge in [-0.1, -0.05) is 19.1 Å². The van der Waals surface area contributed by atoms with Gasteiger partial charge in [-0.05, 0) is 51.1 Å². The zero-order valence-electron chi connectivity index (χ0n) is 14.3. The molecule has 1 aromatic carbocycles. The molecule has 1 heterocycles. The van der Waals surface area contributed by atoms with Gasteiger partial charge in [0.2, 0.25) is 11.8 Å². The number of benzene rings is 1. The Morgan fingerprint density at radius 1 is 1.35 bits per heavy atom. The molecular weight excluding hydrogens is 290 g/mol. The minimum absolute atomic E-state index is 0.0750. The normalized spacial score (nSPS) is 17.6. The predicted molar refractivity (Wildman–Crippen MR) is 92.1 cm³/mol. The summed E-state index contributed by atoms with van der Waals surface area (Å²) in [4.78, 5) is 28.5. The molecule has 23 heavy (non-hydrogen) atoms. The molecule has 1 N–H and O–H groups in total. The van der Waals surface area contributed by atoms with E-state index in [1.54, 1.807) is 4.90 Å². The summed E-state index contributed by atoms with van der Waals surface area (Å²) in [6.45, 7) is 3.51. The van der Waals surface area contributed by atoms with E-state index in [2.05, 4.69) is 10.2 Å². The van der Waals surface area contributed by atoms with Gasteiger partial charge in [0, 0.05) is 25.2 Å². The van der Waals surface area contributed by atoms with Crippen LogP contribution < -0.4 is 5.32 Å². The molecule has 1 fully saturated rings. The maximum Gasteiger partial charge on any atom is 0.247 e. The van der Waals surface area contributed by atoms with E-state index >= 15 is 0 Å². The lowest BCUT2D eigenvalue weighted by Gasteiger charge is -2.24. The third kappa shape index (κ3) is 4.79. The molecule has 1 aliphatic heterocycles. The largest absolute Gasteiger partial charge is 0.331 e. The number of rotatable bonds is 6. The van der Waals surface area contributed by atoms with Crippen molar-refractivity contribution >= 4 is 17.5 Å². The smallest absolute Gasteiger partial charge is 0.247 e. The van der Waals surface area contributed by atoms with Crippen molar-refractivity contribution in [1.29, 1.82) is 0 Å². The topological polar surface area (TPSA) is 52.7 Å². The first-order valence-corrected chi connectivity index (χ1v) is 8.35. The second-order valence-electron chi connectivity index (χ2n) is 6.42. The van der Waals surface area contributed by atoms with Gasteiger partial charge in [-0.3, -0.25) is 9.59 Å². The number of amides is 2. The number of anilines is 1. The quantitative estimate of drug-likeness (QED) is 0.877. The number of hydrogen-bond donors (Lipinski definition) is 1. The van der Waals surface area contributed by atoms with E-state index < -0.39 is 0 Å². The second-order valence-corrected chi connectivity index (χ2v) is 6.42. The first-order valence-electron chi connectivity index (χ1n) is 8.35. The maximum atomic E-state index is 12.6. The van der Waals surface area contributed by atoms with Crippen molar-refractivity contribution in [3.63, 3.8) is 0 Å². The van der Waals surface area contributed by atoms with Crippen molar-refractivity contribution in [2.45, 2.75) is 45.2 Å². The summed E-state index contributed by atoms with van der Waals surface area (Å²) in [7, 11) is 4.03. The van der Waals surface area contributed by atoms with Crippen LogP contribution in [-0.2, 0) is 16.1 Å². The molecule has 1 unspecified atom stereocenters. The van der Waals surface area contributed by atoms with Crippen LogP contribution in [0.2, 0.25) is 0 Å². The molecule has 0 aliphatic carbocycles. The van der Waals surface area contributed by atoms with Crippen molar-refractivity contribution < 1.29 is 9.59 Å². The summed E-state index contributed by atoms with van der Waals surface area (Å²) in [5, 5.41) is 2.97. The van der Waals surface area contributed by atoms with Gasteiger partial charge in [-0.15, -0.1) is 0 Å². The Hall–Kier alpha value is -1.88. The first-order chi connectivity index (χ1) is 11.0. The number of likely N-dealkylation sites (tertiary alicyclic amines) is 1. The Morgan fingerprint density at radius 2 is 2.13 bits per heavy atom. The molecule has 126 valence electrons. The Kier molecular flexibility index (Phi) is 6.16. The average molecular weight is 317 g/mol. The molecule has 0 spiro atoms. The molecule has 0 aromatic heterocycles. The number of nitrogens with one attached hydrogen (secondary N) is 1. The van der Waals surface area contributed by atoms with E-state index in [4.69, 9.17) is 0 Å². The van der Waals surface area contributed by atoms with Crippen molar-refractivity contribution in [2.24, 2.45) is 0 Å². The second kappa shape index (κ2) is 8.11. The SMILES string of the molecule is CCCC(=O)N1CCCC1C(=O)Nc1cccc(CN(C)C)c1. The van der Waals surface area contributed by atoms with Gasteiger partial charge in [0.1, 0.15) is 6.04 Å². The molecule has 0 saturated carbocycles. The third-order valence-electron chi connectivity index (χ3n) is 4.03. The molecule has 0 bridgehead atoms. The summed E-state index contributed by atoms with van der Waals surface area (Å²) in [5.41, 5.74) is 1.95. The van der Waals surface area contributed by atoms with Gasteiger partial charge in [0.25, 0.3) is 0 Å². The van der Waals surface area contributed by atoms with Crippen molar-refractivity contribution in [1.82, 2.24) is 9.80 Å². The van der Waals surface area contributed by atoms with Crippen LogP contribution in [0, 0.1) is 0 Å². The summed E-state index contributed by atoms with van der Waals surface area (Å²) in [6.07, 6.45) is 2.98. The summed E-state index contributed by atoms with van der Waals surface area (Å²) >= 11 is 0. The van der Waals surface area contributed by atoms with E-state index in [-0.39, 0.29) is 17.9 Å². The Bertz CT molecular complexity index is 557. The van der Waals surface area contributed by atoms with Crippen molar-refractivity contribution in [3.8, 4) is 0 Å². The van der Waals surface area contributed by atoms with E-state index in [1.807, 2.05) is 45.3 Å². The van der Waals surface area contributed by atoms with Crippen LogP contribution in [0.25, 0.3) is 0 Å². The molecule has 1 atom stereocenters. The standard InChI is InChI=1S/C18H27N3O2/c1-4-7-17(22)21-11-6-10-16(21)18(23)19-15-9-5-8-14(12-15)13-20(2)3/h5,8-9,12,16H,4,6-7,10-11,13H2,1-3H3,(H,19,23). The first kappa shape index (κ1) is 17.5. The minimum atomic E-state index is -0.327. The lowest BCUT2D eigenvalue weighted by molar-refractivity contribution is -0.136. The van der Waals surface area contributed by atoms with Crippen LogP contribution in [-0.4, -0.2) is 48.3 Å². The summed E-state index contributed by atoms with van der Waals surface area (Å²) in [5.74, 6) is 0.0143. The fourth-order valence-electron chi connectivity index (χ4n) is 3.03. The molecule has 0 radical (unpaired) electrons. The van der Waals surface area contributed by atoms with Gasteiger partial charge in [-0.25, -0.2) is 0 Å². The van der Waals surface area contributed by atoms with Crippen molar-refractivity contribution in [3.05, 3.63) is 29.8 Å². The number of nitrogens with zero attached hydrogens (tertiary/aromatic N) is 2. The molecule has 2 rings (SSSR count). The monoisotopic (exact) mass is 317 g/mol. The molecule has 1 aliphatic rings. The van der Waals surface area contributed by atoms with Gasteiger partial charge in [0.15, 0.2) is 0 Å². The Morgan fingerprint density at radius 3 is 2.83 bits per heavy atom. The Labute approximate surface area is 138 Å². The maximum absolute atomic E-state index is 12.6. The molecular formula is C18H27N3O2. The lowest BCUT2D eigenvalue weighted by atomic mass is 10.1. The summed E-state index contributed by atoms with van der Waals surface area (Å²) < 4.78 is 0. The zero-order chi connectivity index (χ0) is 16.8. The molecule has 1 saturated heterocycles. The average Bonchev–Trinajstić information content (AvgIpc) is 2.96. The molecule has 5 nitrogen and oxygen atoms in total. The number of carbonyl (C=O) groups excluding carboxylic acids is 2. The molecule has 2 amide bonds. The van der Waals surface area contributed by atoms with Crippen molar-refractivity contribution in [2.75, 3.05) is 26.0 Å². The minimum Gasteiger partial charge on any atom is -0.331 e. The van der Waals surface area contributed by atoms with Crippen LogP contribution in [0.4, 0.5) is 5.69 Å². The van der Waals surface area contributed by atoms with E-state index in [9.17, 15) is 9.59 Å². The van der Waals surface area contributed by atoms with Crippen LogP contribution >= 0.6 is 0 Å². The van der Waals surface area contributed by atoms with Crippen LogP contribution in [0.3, 0.4) is 0 Å². The predicted octanol–water partition coefficient (Wildman–Crippen LogP) is 2.48. The fraction of sp³-hybridized carbons (Fsp3) is 0.556. The van der Waals surface area contributed by atoms with Gasteiger partial charge < -0.3 is 15.1 Å². The highest BCUT2D eigenvalue weighted by Crippen LogP contribution is 2.21. The van der Waals surface area contributed by atoms with E-state index in [1.165, 1.54) is 0 Å². The summed E-state index contributed by atoms with van der Waals surface area (Å²) in [6, 6.07) is 7.55. The number of carbonyl (C=O) groups is 2. The van der Waals surface area contributed by atoms with Crippen LogP contribution in [0.1, 0.15) is 38.2 Å². The highest BCUT2D eigenvalue weighted by Gasteiger charge is 2.33. The van der Waals surface area contributed by atoms with Crippen LogP contribution in [0.15, 0.2) is 24.3 Å². The van der Waals surface area contributed by atoms with Gasteiger partial charge in [0.05, 0.1) is 0 Å².